The maximum Gasteiger partial charge on any atom is 0.228 e. The predicted molar refractivity (Wildman–Crippen MR) is 86.5 cm³/mol. The molecule has 0 radical (unpaired) electrons. The van der Waals surface area contributed by atoms with Gasteiger partial charge in [-0.15, -0.1) is 11.8 Å². The van der Waals surface area contributed by atoms with E-state index in [0.717, 1.165) is 36.9 Å². The molecule has 1 heterocycles. The van der Waals surface area contributed by atoms with Crippen LogP contribution in [0.4, 0.5) is 0 Å². The van der Waals surface area contributed by atoms with E-state index in [0.29, 0.717) is 6.04 Å². The summed E-state index contributed by atoms with van der Waals surface area (Å²) in [4.78, 5) is 5.72. The lowest BCUT2D eigenvalue weighted by molar-refractivity contribution is 0.352. The molecule has 2 aromatic rings. The average Bonchev–Trinajstić information content (AvgIpc) is 2.92. The van der Waals surface area contributed by atoms with Gasteiger partial charge in [0.05, 0.1) is 5.75 Å². The van der Waals surface area contributed by atoms with Gasteiger partial charge in [-0.3, -0.25) is 0 Å². The molecule has 1 aromatic heterocycles. The Labute approximate surface area is 130 Å². The lowest BCUT2D eigenvalue weighted by Gasteiger charge is -2.12. The first-order valence-corrected chi connectivity index (χ1v) is 8.44. The Morgan fingerprint density at radius 3 is 2.90 bits per heavy atom. The summed E-state index contributed by atoms with van der Waals surface area (Å²) in [6, 6.07) is 8.86. The van der Waals surface area contributed by atoms with Crippen LogP contribution in [-0.2, 0) is 12.2 Å². The van der Waals surface area contributed by atoms with E-state index in [9.17, 15) is 0 Å². The second-order valence-corrected chi connectivity index (χ2v) is 6.13. The van der Waals surface area contributed by atoms with Gasteiger partial charge >= 0.3 is 0 Å². The van der Waals surface area contributed by atoms with Crippen molar-refractivity contribution in [2.45, 2.75) is 50.3 Å². The third-order valence-electron chi connectivity index (χ3n) is 3.27. The SMILES string of the molecule is CCNC(CC)Cc1nc(CSc2cccc(C)c2)no1. The van der Waals surface area contributed by atoms with E-state index in [-0.39, 0.29) is 0 Å². The summed E-state index contributed by atoms with van der Waals surface area (Å²) in [6.07, 6.45) is 1.86. The number of thioether (sulfide) groups is 1. The fraction of sp³-hybridized carbons (Fsp3) is 0.500. The molecule has 0 bridgehead atoms. The number of benzene rings is 1. The molecule has 0 saturated heterocycles. The van der Waals surface area contributed by atoms with Crippen molar-refractivity contribution in [3.05, 3.63) is 41.5 Å². The van der Waals surface area contributed by atoms with Crippen LogP contribution in [0, 0.1) is 6.92 Å². The standard InChI is InChI=1S/C16H23N3OS/c1-4-13(17-5-2)10-16-18-15(19-20-16)11-21-14-8-6-7-12(3)9-14/h6-9,13,17H,4-5,10-11H2,1-3H3. The molecule has 0 aliphatic carbocycles. The summed E-state index contributed by atoms with van der Waals surface area (Å²) in [5, 5.41) is 7.49. The summed E-state index contributed by atoms with van der Waals surface area (Å²) < 4.78 is 5.34. The molecule has 4 nitrogen and oxygen atoms in total. The van der Waals surface area contributed by atoms with Crippen molar-refractivity contribution in [1.29, 1.82) is 0 Å². The highest BCUT2D eigenvalue weighted by Crippen LogP contribution is 2.22. The van der Waals surface area contributed by atoms with Crippen LogP contribution >= 0.6 is 11.8 Å². The van der Waals surface area contributed by atoms with E-state index in [4.69, 9.17) is 4.52 Å². The van der Waals surface area contributed by atoms with Gasteiger partial charge in [-0.25, -0.2) is 0 Å². The van der Waals surface area contributed by atoms with Crippen molar-refractivity contribution in [3.8, 4) is 0 Å². The lowest BCUT2D eigenvalue weighted by Crippen LogP contribution is -2.30. The number of rotatable bonds is 8. The van der Waals surface area contributed by atoms with E-state index >= 15 is 0 Å². The summed E-state index contributed by atoms with van der Waals surface area (Å²) in [6.45, 7) is 7.34. The fourth-order valence-corrected chi connectivity index (χ4v) is 3.00. The van der Waals surface area contributed by atoms with Crippen LogP contribution in [0.3, 0.4) is 0 Å². The van der Waals surface area contributed by atoms with Crippen molar-refractivity contribution in [2.75, 3.05) is 6.54 Å². The van der Waals surface area contributed by atoms with Gasteiger partial charge in [0.25, 0.3) is 0 Å². The van der Waals surface area contributed by atoms with Crippen molar-refractivity contribution >= 4 is 11.8 Å². The molecule has 5 heteroatoms. The third kappa shape index (κ3) is 5.17. The molecule has 114 valence electrons. The predicted octanol–water partition coefficient (Wildman–Crippen LogP) is 3.60. The minimum Gasteiger partial charge on any atom is -0.339 e. The van der Waals surface area contributed by atoms with Crippen LogP contribution in [-0.4, -0.2) is 22.7 Å². The number of aryl methyl sites for hydroxylation is 1. The topological polar surface area (TPSA) is 51.0 Å². The Morgan fingerprint density at radius 2 is 2.19 bits per heavy atom. The van der Waals surface area contributed by atoms with Crippen molar-refractivity contribution in [2.24, 2.45) is 0 Å². The van der Waals surface area contributed by atoms with Crippen LogP contribution in [0.1, 0.15) is 37.5 Å². The van der Waals surface area contributed by atoms with E-state index in [1.165, 1.54) is 10.5 Å². The third-order valence-corrected chi connectivity index (χ3v) is 4.26. The molecule has 0 amide bonds. The van der Waals surface area contributed by atoms with Crippen LogP contribution in [0.25, 0.3) is 0 Å². The maximum atomic E-state index is 5.34. The zero-order valence-electron chi connectivity index (χ0n) is 12.9. The fourth-order valence-electron chi connectivity index (χ4n) is 2.14. The summed E-state index contributed by atoms with van der Waals surface area (Å²) in [5.41, 5.74) is 1.27. The highest BCUT2D eigenvalue weighted by Gasteiger charge is 2.12. The van der Waals surface area contributed by atoms with E-state index in [1.54, 1.807) is 11.8 Å². The smallest absolute Gasteiger partial charge is 0.228 e. The van der Waals surface area contributed by atoms with E-state index in [1.807, 2.05) is 0 Å². The van der Waals surface area contributed by atoms with Crippen molar-refractivity contribution in [3.63, 3.8) is 0 Å². The Kier molecular flexibility index (Phi) is 6.26. The average molecular weight is 305 g/mol. The second-order valence-electron chi connectivity index (χ2n) is 5.08. The minimum absolute atomic E-state index is 0.410. The minimum atomic E-state index is 0.410. The summed E-state index contributed by atoms with van der Waals surface area (Å²) in [7, 11) is 0. The molecule has 1 unspecified atom stereocenters. The lowest BCUT2D eigenvalue weighted by atomic mass is 10.1. The first kappa shape index (κ1) is 16.0. The normalized spacial score (nSPS) is 12.5. The molecule has 2 rings (SSSR count). The maximum absolute atomic E-state index is 5.34. The van der Waals surface area contributed by atoms with Gasteiger partial charge in [0, 0.05) is 17.4 Å². The number of nitrogens with zero attached hydrogens (tertiary/aromatic N) is 2. The van der Waals surface area contributed by atoms with Gasteiger partial charge in [-0.1, -0.05) is 36.7 Å². The molecular formula is C16H23N3OS. The molecule has 0 spiro atoms. The van der Waals surface area contributed by atoms with Crippen LogP contribution < -0.4 is 5.32 Å². The van der Waals surface area contributed by atoms with Gasteiger partial charge < -0.3 is 9.84 Å². The summed E-state index contributed by atoms with van der Waals surface area (Å²) >= 11 is 1.74. The zero-order chi connectivity index (χ0) is 15.1. The quantitative estimate of drug-likeness (QED) is 0.755. The monoisotopic (exact) mass is 305 g/mol. The van der Waals surface area contributed by atoms with Gasteiger partial charge in [-0.2, -0.15) is 4.98 Å². The Hall–Kier alpha value is -1.33. The first-order valence-electron chi connectivity index (χ1n) is 7.45. The molecule has 1 aromatic carbocycles. The molecule has 0 fully saturated rings. The number of likely N-dealkylation sites (N-methyl/N-ethyl adjacent to an activating group) is 1. The van der Waals surface area contributed by atoms with Gasteiger partial charge in [0.15, 0.2) is 5.82 Å². The molecular weight excluding hydrogens is 282 g/mol. The number of aromatic nitrogens is 2. The van der Waals surface area contributed by atoms with Crippen LogP contribution in [0.5, 0.6) is 0 Å². The Bertz CT molecular complexity index is 556. The Balaban J connectivity index is 1.88. The molecule has 0 saturated carbocycles. The number of nitrogens with one attached hydrogen (secondary N) is 1. The molecule has 1 atom stereocenters. The van der Waals surface area contributed by atoms with Gasteiger partial charge in [0.2, 0.25) is 5.89 Å². The Morgan fingerprint density at radius 1 is 1.33 bits per heavy atom. The summed E-state index contributed by atoms with van der Waals surface area (Å²) in [5.74, 6) is 2.23. The van der Waals surface area contributed by atoms with Gasteiger partial charge in [0.1, 0.15) is 0 Å². The molecule has 1 N–H and O–H groups in total. The number of hydrogen-bond donors (Lipinski definition) is 1. The van der Waals surface area contributed by atoms with Gasteiger partial charge in [-0.05, 0) is 32.0 Å². The second kappa shape index (κ2) is 8.20. The van der Waals surface area contributed by atoms with Crippen molar-refractivity contribution < 1.29 is 4.52 Å². The van der Waals surface area contributed by atoms with Crippen LogP contribution in [0.2, 0.25) is 0 Å². The highest BCUT2D eigenvalue weighted by atomic mass is 32.2. The van der Waals surface area contributed by atoms with Crippen LogP contribution in [0.15, 0.2) is 33.7 Å². The molecule has 21 heavy (non-hydrogen) atoms. The number of hydrogen-bond acceptors (Lipinski definition) is 5. The first-order chi connectivity index (χ1) is 10.2. The zero-order valence-corrected chi connectivity index (χ0v) is 13.7. The van der Waals surface area contributed by atoms with E-state index < -0.39 is 0 Å². The van der Waals surface area contributed by atoms with E-state index in [2.05, 4.69) is 60.5 Å². The largest absolute Gasteiger partial charge is 0.339 e. The molecule has 0 aliphatic heterocycles. The van der Waals surface area contributed by atoms with Crippen molar-refractivity contribution in [1.82, 2.24) is 15.5 Å². The molecule has 0 aliphatic rings. The highest BCUT2D eigenvalue weighted by molar-refractivity contribution is 7.98.